The third-order valence-electron chi connectivity index (χ3n) is 3.93. The van der Waals surface area contributed by atoms with Crippen molar-refractivity contribution in [1.82, 2.24) is 29.1 Å². The Balaban J connectivity index is 1.77. The van der Waals surface area contributed by atoms with Crippen molar-refractivity contribution in [1.29, 1.82) is 0 Å². The molecule has 0 N–H and O–H groups in total. The number of aryl methyl sites for hydroxylation is 1. The van der Waals surface area contributed by atoms with Gasteiger partial charge >= 0.3 is 6.18 Å². The van der Waals surface area contributed by atoms with Gasteiger partial charge in [-0.1, -0.05) is 0 Å². The van der Waals surface area contributed by atoms with E-state index >= 15 is 0 Å². The summed E-state index contributed by atoms with van der Waals surface area (Å²) >= 11 is 1.47. The van der Waals surface area contributed by atoms with E-state index in [1.165, 1.54) is 17.4 Å². The molecule has 4 rings (SSSR count). The lowest BCUT2D eigenvalue weighted by Crippen LogP contribution is -2.11. The van der Waals surface area contributed by atoms with Gasteiger partial charge in [-0.15, -0.1) is 11.3 Å². The Kier molecular flexibility index (Phi) is 3.98. The van der Waals surface area contributed by atoms with Crippen molar-refractivity contribution in [2.75, 3.05) is 0 Å². The Bertz CT molecular complexity index is 1050. The van der Waals surface area contributed by atoms with Gasteiger partial charge < -0.3 is 9.13 Å². The number of imidazole rings is 2. The van der Waals surface area contributed by atoms with E-state index in [4.69, 9.17) is 0 Å². The molecule has 6 nitrogen and oxygen atoms in total. The first-order valence-corrected chi connectivity index (χ1v) is 8.69. The van der Waals surface area contributed by atoms with Gasteiger partial charge in [-0.2, -0.15) is 13.2 Å². The molecule has 4 aromatic rings. The number of pyridine rings is 1. The fourth-order valence-electron chi connectivity index (χ4n) is 2.78. The van der Waals surface area contributed by atoms with Crippen LogP contribution in [0.1, 0.15) is 18.4 Å². The van der Waals surface area contributed by atoms with Crippen LogP contribution in [-0.4, -0.2) is 29.1 Å². The second-order valence-corrected chi connectivity index (χ2v) is 6.42. The fraction of sp³-hybridized carbons (Fsp3) is 0.250. The zero-order chi connectivity index (χ0) is 18.3. The van der Waals surface area contributed by atoms with Crippen LogP contribution in [-0.2, 0) is 19.3 Å². The van der Waals surface area contributed by atoms with E-state index < -0.39 is 11.9 Å². The van der Waals surface area contributed by atoms with Crippen molar-refractivity contribution in [3.05, 3.63) is 47.6 Å². The first-order valence-electron chi connectivity index (χ1n) is 7.81. The quantitative estimate of drug-likeness (QED) is 0.541. The molecule has 0 fully saturated rings. The largest absolute Gasteiger partial charge is 0.433 e. The minimum atomic E-state index is -4.49. The summed E-state index contributed by atoms with van der Waals surface area (Å²) in [6.07, 6.45) is 0.669. The molecule has 10 heteroatoms. The predicted molar refractivity (Wildman–Crippen MR) is 90.6 cm³/mol. The van der Waals surface area contributed by atoms with Gasteiger partial charge in [-0.3, -0.25) is 0 Å². The predicted octanol–water partition coefficient (Wildman–Crippen LogP) is 3.84. The van der Waals surface area contributed by atoms with Crippen molar-refractivity contribution < 1.29 is 13.2 Å². The van der Waals surface area contributed by atoms with Crippen LogP contribution >= 0.6 is 11.3 Å². The van der Waals surface area contributed by atoms with Crippen LogP contribution in [0.2, 0.25) is 0 Å². The average Bonchev–Trinajstić information content (AvgIpc) is 3.32. The standard InChI is InChI=1S/C16H13F3N6S/c1-2-25-12(9-24-7-5-20-14(24)15-21-6-8-26-15)22-10-3-4-11(16(17,18)19)23-13(10)25/h3-8H,2,9H2,1H3. The van der Waals surface area contributed by atoms with Crippen molar-refractivity contribution in [2.24, 2.45) is 0 Å². The van der Waals surface area contributed by atoms with Gasteiger partial charge in [-0.25, -0.2) is 19.9 Å². The number of alkyl halides is 3. The van der Waals surface area contributed by atoms with Crippen LogP contribution < -0.4 is 0 Å². The highest BCUT2D eigenvalue weighted by molar-refractivity contribution is 7.13. The smallest absolute Gasteiger partial charge is 0.321 e. The molecule has 26 heavy (non-hydrogen) atoms. The third-order valence-corrected chi connectivity index (χ3v) is 4.70. The van der Waals surface area contributed by atoms with Crippen LogP contribution in [0.5, 0.6) is 0 Å². The van der Waals surface area contributed by atoms with E-state index in [9.17, 15) is 13.2 Å². The molecule has 134 valence electrons. The van der Waals surface area contributed by atoms with Crippen LogP contribution in [0, 0.1) is 0 Å². The first kappa shape index (κ1) is 16.7. The molecule has 4 aromatic heterocycles. The number of hydrogen-bond acceptors (Lipinski definition) is 5. The second-order valence-electron chi connectivity index (χ2n) is 5.53. The minimum absolute atomic E-state index is 0.230. The maximum Gasteiger partial charge on any atom is 0.433 e. The molecule has 0 bridgehead atoms. The highest BCUT2D eigenvalue weighted by atomic mass is 32.1. The van der Waals surface area contributed by atoms with E-state index in [0.29, 0.717) is 30.3 Å². The van der Waals surface area contributed by atoms with Gasteiger partial charge in [0, 0.05) is 30.5 Å². The average molecular weight is 378 g/mol. The first-order chi connectivity index (χ1) is 12.5. The SMILES string of the molecule is CCn1c(Cn2ccnc2-c2nccs2)nc2ccc(C(F)(F)F)nc21. The summed E-state index contributed by atoms with van der Waals surface area (Å²) in [7, 11) is 0. The van der Waals surface area contributed by atoms with Gasteiger partial charge in [0.1, 0.15) is 17.0 Å². The lowest BCUT2D eigenvalue weighted by Gasteiger charge is -2.09. The number of halogens is 3. The zero-order valence-corrected chi connectivity index (χ0v) is 14.4. The summed E-state index contributed by atoms with van der Waals surface area (Å²) < 4.78 is 42.5. The molecular formula is C16H13F3N6S. The highest BCUT2D eigenvalue weighted by Crippen LogP contribution is 2.29. The van der Waals surface area contributed by atoms with Crippen molar-refractivity contribution in [2.45, 2.75) is 26.2 Å². The van der Waals surface area contributed by atoms with E-state index in [-0.39, 0.29) is 5.65 Å². The molecule has 0 atom stereocenters. The maximum atomic E-state index is 13.0. The van der Waals surface area contributed by atoms with E-state index in [1.54, 1.807) is 23.2 Å². The molecule has 0 saturated carbocycles. The van der Waals surface area contributed by atoms with Crippen molar-refractivity contribution in [3.63, 3.8) is 0 Å². The topological polar surface area (TPSA) is 61.4 Å². The normalized spacial score (nSPS) is 12.2. The fourth-order valence-corrected chi connectivity index (χ4v) is 3.43. The Hall–Kier alpha value is -2.75. The van der Waals surface area contributed by atoms with Gasteiger partial charge in [0.25, 0.3) is 0 Å². The molecule has 4 heterocycles. The van der Waals surface area contributed by atoms with E-state index in [2.05, 4.69) is 19.9 Å². The lowest BCUT2D eigenvalue weighted by molar-refractivity contribution is -0.141. The third kappa shape index (κ3) is 2.85. The number of hydrogen-bond donors (Lipinski definition) is 0. The van der Waals surface area contributed by atoms with Gasteiger partial charge in [0.05, 0.1) is 6.54 Å². The van der Waals surface area contributed by atoms with E-state index in [0.717, 1.165) is 11.1 Å². The van der Waals surface area contributed by atoms with Gasteiger partial charge in [0.15, 0.2) is 16.5 Å². The lowest BCUT2D eigenvalue weighted by atomic mass is 10.3. The molecule has 0 unspecified atom stereocenters. The maximum absolute atomic E-state index is 13.0. The molecule has 0 aromatic carbocycles. The monoisotopic (exact) mass is 378 g/mol. The Morgan fingerprint density at radius 2 is 1.96 bits per heavy atom. The molecule has 0 aliphatic heterocycles. The van der Waals surface area contributed by atoms with Gasteiger partial charge in [0.2, 0.25) is 0 Å². The highest BCUT2D eigenvalue weighted by Gasteiger charge is 2.33. The number of fused-ring (bicyclic) bond motifs is 1. The summed E-state index contributed by atoms with van der Waals surface area (Å²) in [6, 6.07) is 2.31. The zero-order valence-electron chi connectivity index (χ0n) is 13.6. The molecule has 0 amide bonds. The van der Waals surface area contributed by atoms with Crippen LogP contribution in [0.25, 0.3) is 22.0 Å². The van der Waals surface area contributed by atoms with Crippen LogP contribution in [0.4, 0.5) is 13.2 Å². The number of rotatable bonds is 4. The summed E-state index contributed by atoms with van der Waals surface area (Å²) in [5.74, 6) is 1.31. The number of aromatic nitrogens is 6. The molecule has 0 spiro atoms. The van der Waals surface area contributed by atoms with Crippen molar-refractivity contribution in [3.8, 4) is 10.8 Å². The van der Waals surface area contributed by atoms with Crippen LogP contribution in [0.3, 0.4) is 0 Å². The number of nitrogens with zero attached hydrogens (tertiary/aromatic N) is 6. The van der Waals surface area contributed by atoms with Crippen molar-refractivity contribution >= 4 is 22.5 Å². The summed E-state index contributed by atoms with van der Waals surface area (Å²) in [5.41, 5.74) is -0.253. The number of thiazole rings is 1. The summed E-state index contributed by atoms with van der Waals surface area (Å²) in [5, 5.41) is 2.63. The molecule has 0 aliphatic carbocycles. The summed E-state index contributed by atoms with van der Waals surface area (Å²) in [4.78, 5) is 16.8. The Morgan fingerprint density at radius 3 is 2.65 bits per heavy atom. The molecule has 0 aliphatic rings. The van der Waals surface area contributed by atoms with Crippen LogP contribution in [0.15, 0.2) is 36.1 Å². The molecular weight excluding hydrogens is 365 g/mol. The minimum Gasteiger partial charge on any atom is -0.321 e. The van der Waals surface area contributed by atoms with Gasteiger partial charge in [-0.05, 0) is 19.1 Å². The summed E-state index contributed by atoms with van der Waals surface area (Å²) in [6.45, 7) is 2.67. The second kappa shape index (κ2) is 6.20. The molecule has 0 radical (unpaired) electrons. The van der Waals surface area contributed by atoms with E-state index in [1.807, 2.05) is 16.9 Å². The Labute approximate surface area is 150 Å². The molecule has 0 saturated heterocycles. The Morgan fingerprint density at radius 1 is 1.12 bits per heavy atom.